The van der Waals surface area contributed by atoms with Crippen LogP contribution in [0.2, 0.25) is 0 Å². The third-order valence-corrected chi connectivity index (χ3v) is 2.57. The maximum Gasteiger partial charge on any atom is 0.183 e. The lowest BCUT2D eigenvalue weighted by molar-refractivity contribution is 0.569. The van der Waals surface area contributed by atoms with Gasteiger partial charge >= 0.3 is 0 Å². The van der Waals surface area contributed by atoms with Crippen molar-refractivity contribution in [2.45, 2.75) is 5.16 Å². The number of hydrogen-bond acceptors (Lipinski definition) is 3. The molecule has 0 saturated heterocycles. The molecule has 66 valence electrons. The first kappa shape index (κ1) is 8.31. The van der Waals surface area contributed by atoms with Crippen LogP contribution in [0.15, 0.2) is 29.4 Å². The zero-order chi connectivity index (χ0) is 9.26. The second-order valence-corrected chi connectivity index (χ2v) is 3.45. The van der Waals surface area contributed by atoms with Gasteiger partial charge in [0.05, 0.1) is 11.0 Å². The first-order valence-electron chi connectivity index (χ1n) is 3.84. The van der Waals surface area contributed by atoms with Gasteiger partial charge in [0.1, 0.15) is 0 Å². The standard InChI is InChI=1S/C9H8N2OS/c1-11-8-5-3-2-4-7(8)10-9(11)13-6-12/h2-6H,1H3. The van der Waals surface area contributed by atoms with Crippen molar-refractivity contribution in [3.05, 3.63) is 24.3 Å². The van der Waals surface area contributed by atoms with Crippen LogP contribution in [-0.2, 0) is 11.8 Å². The predicted molar refractivity (Wildman–Crippen MR) is 53.3 cm³/mol. The average Bonchev–Trinajstić information content (AvgIpc) is 2.46. The fourth-order valence-corrected chi connectivity index (χ4v) is 1.77. The van der Waals surface area contributed by atoms with E-state index in [1.807, 2.05) is 35.9 Å². The van der Waals surface area contributed by atoms with Crippen molar-refractivity contribution in [3.8, 4) is 0 Å². The Hall–Kier alpha value is -1.29. The number of rotatable bonds is 2. The summed E-state index contributed by atoms with van der Waals surface area (Å²) in [5.41, 5.74) is 2.77. The number of carbonyl (C=O) groups excluding carboxylic acids is 1. The highest BCUT2D eigenvalue weighted by molar-refractivity contribution is 8.11. The van der Waals surface area contributed by atoms with Gasteiger partial charge in [-0.25, -0.2) is 4.98 Å². The van der Waals surface area contributed by atoms with E-state index in [9.17, 15) is 4.79 Å². The maximum absolute atomic E-state index is 10.3. The minimum Gasteiger partial charge on any atom is -0.322 e. The third kappa shape index (κ3) is 1.33. The predicted octanol–water partition coefficient (Wildman–Crippen LogP) is 1.86. The summed E-state index contributed by atoms with van der Waals surface area (Å²) in [6.07, 6.45) is 0. The van der Waals surface area contributed by atoms with E-state index in [1.54, 1.807) is 0 Å². The Labute approximate surface area is 79.8 Å². The Bertz CT molecular complexity index is 450. The van der Waals surface area contributed by atoms with Crippen molar-refractivity contribution in [3.63, 3.8) is 0 Å². The maximum atomic E-state index is 10.3. The van der Waals surface area contributed by atoms with Crippen LogP contribution in [-0.4, -0.2) is 15.2 Å². The fourth-order valence-electron chi connectivity index (χ4n) is 1.27. The molecule has 3 nitrogen and oxygen atoms in total. The van der Waals surface area contributed by atoms with Gasteiger partial charge in [-0.15, -0.1) is 0 Å². The molecule has 0 amide bonds. The normalized spacial score (nSPS) is 10.5. The Balaban J connectivity index is 2.66. The Morgan fingerprint density at radius 1 is 1.46 bits per heavy atom. The van der Waals surface area contributed by atoms with Gasteiger partial charge in [0.2, 0.25) is 0 Å². The number of hydrogen-bond donors (Lipinski definition) is 0. The number of nitrogens with zero attached hydrogens (tertiary/aromatic N) is 2. The zero-order valence-corrected chi connectivity index (χ0v) is 7.91. The fraction of sp³-hybridized carbons (Fsp3) is 0.111. The minimum atomic E-state index is 0.733. The number of benzene rings is 1. The van der Waals surface area contributed by atoms with Crippen LogP contribution in [0.1, 0.15) is 0 Å². The quantitative estimate of drug-likeness (QED) is 0.538. The SMILES string of the molecule is Cn1c(SC=O)nc2ccccc21. The van der Waals surface area contributed by atoms with Gasteiger partial charge in [-0.1, -0.05) is 12.1 Å². The molecule has 2 aromatic rings. The minimum absolute atomic E-state index is 0.733. The van der Waals surface area contributed by atoms with Gasteiger partial charge in [0.25, 0.3) is 0 Å². The van der Waals surface area contributed by atoms with E-state index in [2.05, 4.69) is 4.98 Å². The van der Waals surface area contributed by atoms with Crippen LogP contribution in [0, 0.1) is 0 Å². The van der Waals surface area contributed by atoms with Crippen molar-refractivity contribution in [2.75, 3.05) is 0 Å². The Morgan fingerprint density at radius 3 is 2.92 bits per heavy atom. The zero-order valence-electron chi connectivity index (χ0n) is 7.10. The van der Waals surface area contributed by atoms with Gasteiger partial charge in [0, 0.05) is 7.05 Å². The van der Waals surface area contributed by atoms with Gasteiger partial charge in [-0.3, -0.25) is 4.79 Å². The van der Waals surface area contributed by atoms with E-state index in [-0.39, 0.29) is 0 Å². The van der Waals surface area contributed by atoms with Crippen LogP contribution in [0.3, 0.4) is 0 Å². The lowest BCUT2D eigenvalue weighted by Gasteiger charge is -1.95. The van der Waals surface area contributed by atoms with Crippen molar-refractivity contribution < 1.29 is 4.79 Å². The summed E-state index contributed by atoms with van der Waals surface area (Å²) in [5.74, 6) is 0. The molecule has 1 aromatic carbocycles. The van der Waals surface area contributed by atoms with Gasteiger partial charge in [-0.2, -0.15) is 0 Å². The molecule has 0 fully saturated rings. The molecule has 0 aliphatic heterocycles. The van der Waals surface area contributed by atoms with Gasteiger partial charge in [-0.05, 0) is 23.9 Å². The lowest BCUT2D eigenvalue weighted by atomic mass is 10.3. The first-order chi connectivity index (χ1) is 6.33. The van der Waals surface area contributed by atoms with E-state index < -0.39 is 0 Å². The number of thioether (sulfide) groups is 1. The van der Waals surface area contributed by atoms with Gasteiger partial charge < -0.3 is 4.57 Å². The van der Waals surface area contributed by atoms with E-state index >= 15 is 0 Å². The molecule has 0 saturated carbocycles. The second-order valence-electron chi connectivity index (χ2n) is 2.66. The van der Waals surface area contributed by atoms with Crippen molar-refractivity contribution in [1.29, 1.82) is 0 Å². The highest BCUT2D eigenvalue weighted by atomic mass is 32.2. The third-order valence-electron chi connectivity index (χ3n) is 1.90. The highest BCUT2D eigenvalue weighted by Crippen LogP contribution is 2.20. The Morgan fingerprint density at radius 2 is 2.23 bits per heavy atom. The largest absolute Gasteiger partial charge is 0.322 e. The first-order valence-corrected chi connectivity index (χ1v) is 4.72. The summed E-state index contributed by atoms with van der Waals surface area (Å²) in [7, 11) is 1.90. The molecule has 4 heteroatoms. The summed E-state index contributed by atoms with van der Waals surface area (Å²) in [6.45, 7) is 0. The van der Waals surface area contributed by atoms with Gasteiger partial charge in [0.15, 0.2) is 10.8 Å². The van der Waals surface area contributed by atoms with E-state index in [4.69, 9.17) is 0 Å². The van der Waals surface area contributed by atoms with Crippen LogP contribution in [0.4, 0.5) is 0 Å². The smallest absolute Gasteiger partial charge is 0.183 e. The van der Waals surface area contributed by atoms with Crippen LogP contribution >= 0.6 is 11.8 Å². The van der Waals surface area contributed by atoms with Crippen LogP contribution in [0.5, 0.6) is 0 Å². The summed E-state index contributed by atoms with van der Waals surface area (Å²) < 4.78 is 1.91. The second kappa shape index (κ2) is 3.22. The molecule has 13 heavy (non-hydrogen) atoms. The molecular formula is C9H8N2OS. The van der Waals surface area contributed by atoms with Crippen molar-refractivity contribution in [1.82, 2.24) is 9.55 Å². The van der Waals surface area contributed by atoms with E-state index in [0.717, 1.165) is 33.6 Å². The Kier molecular flexibility index (Phi) is 2.06. The molecule has 0 bridgehead atoms. The topological polar surface area (TPSA) is 34.9 Å². The summed E-state index contributed by atoms with van der Waals surface area (Å²) >= 11 is 1.10. The summed E-state index contributed by atoms with van der Waals surface area (Å²) in [6, 6.07) is 7.81. The summed E-state index contributed by atoms with van der Waals surface area (Å²) in [5, 5.41) is 0.733. The molecule has 1 heterocycles. The van der Waals surface area contributed by atoms with E-state index in [1.165, 1.54) is 0 Å². The number of para-hydroxylation sites is 2. The number of aromatic nitrogens is 2. The molecule has 0 aliphatic rings. The molecule has 0 radical (unpaired) electrons. The molecular weight excluding hydrogens is 184 g/mol. The number of carbonyl (C=O) groups is 1. The highest BCUT2D eigenvalue weighted by Gasteiger charge is 2.05. The lowest BCUT2D eigenvalue weighted by Crippen LogP contribution is -1.89. The number of imidazole rings is 1. The molecule has 0 atom stereocenters. The molecule has 1 aromatic heterocycles. The van der Waals surface area contributed by atoms with Crippen LogP contribution in [0.25, 0.3) is 11.0 Å². The van der Waals surface area contributed by atoms with Crippen LogP contribution < -0.4 is 0 Å². The number of aryl methyl sites for hydroxylation is 1. The molecule has 0 unspecified atom stereocenters. The molecule has 0 N–H and O–H groups in total. The van der Waals surface area contributed by atoms with E-state index in [0.29, 0.717) is 0 Å². The average molecular weight is 192 g/mol. The van der Waals surface area contributed by atoms with Crippen molar-refractivity contribution >= 4 is 28.4 Å². The molecule has 2 rings (SSSR count). The van der Waals surface area contributed by atoms with Crippen molar-refractivity contribution in [2.24, 2.45) is 7.05 Å². The number of fused-ring (bicyclic) bond motifs is 1. The molecule has 0 aliphatic carbocycles. The molecule has 0 spiro atoms. The summed E-state index contributed by atoms with van der Waals surface area (Å²) in [4.78, 5) is 14.6. The monoisotopic (exact) mass is 192 g/mol.